The fourth-order valence-electron chi connectivity index (χ4n) is 1.38. The zero-order chi connectivity index (χ0) is 11.1. The van der Waals surface area contributed by atoms with Gasteiger partial charge in [-0.25, -0.2) is 13.1 Å². The van der Waals surface area contributed by atoms with Crippen LogP contribution in [-0.4, -0.2) is 23.4 Å². The summed E-state index contributed by atoms with van der Waals surface area (Å²) in [6, 6.07) is 5.14. The van der Waals surface area contributed by atoms with Crippen molar-refractivity contribution in [2.24, 2.45) is 7.05 Å². The van der Waals surface area contributed by atoms with Gasteiger partial charge in [0.2, 0.25) is 9.05 Å². The van der Waals surface area contributed by atoms with Gasteiger partial charge in [0.1, 0.15) is 5.52 Å². The SMILES string of the molecule is Cn1nnc2cc(CS(=O)(=O)Cl)ccc21. The molecule has 0 aliphatic rings. The maximum absolute atomic E-state index is 10.9. The molecule has 7 heteroatoms. The van der Waals surface area contributed by atoms with Crippen molar-refractivity contribution >= 4 is 30.8 Å². The molecule has 1 aromatic carbocycles. The van der Waals surface area contributed by atoms with Crippen LogP contribution in [0.2, 0.25) is 0 Å². The molecule has 15 heavy (non-hydrogen) atoms. The van der Waals surface area contributed by atoms with Gasteiger partial charge in [-0.2, -0.15) is 0 Å². The van der Waals surface area contributed by atoms with Crippen molar-refractivity contribution in [3.63, 3.8) is 0 Å². The second-order valence-corrected chi connectivity index (χ2v) is 6.00. The van der Waals surface area contributed by atoms with Crippen molar-refractivity contribution in [2.75, 3.05) is 0 Å². The molecule has 0 N–H and O–H groups in total. The Kier molecular flexibility index (Phi) is 2.40. The van der Waals surface area contributed by atoms with Crippen LogP contribution < -0.4 is 0 Å². The van der Waals surface area contributed by atoms with Gasteiger partial charge in [0, 0.05) is 17.7 Å². The van der Waals surface area contributed by atoms with E-state index in [0.717, 1.165) is 5.52 Å². The van der Waals surface area contributed by atoms with Crippen LogP contribution in [0.4, 0.5) is 0 Å². The van der Waals surface area contributed by atoms with E-state index in [4.69, 9.17) is 10.7 Å². The van der Waals surface area contributed by atoms with E-state index in [2.05, 4.69) is 10.3 Å². The van der Waals surface area contributed by atoms with Crippen molar-refractivity contribution < 1.29 is 8.42 Å². The largest absolute Gasteiger partial charge is 0.248 e. The Hall–Kier alpha value is -1.14. The van der Waals surface area contributed by atoms with E-state index in [0.29, 0.717) is 11.1 Å². The van der Waals surface area contributed by atoms with Gasteiger partial charge in [0.05, 0.1) is 11.3 Å². The van der Waals surface area contributed by atoms with Gasteiger partial charge in [0.25, 0.3) is 0 Å². The van der Waals surface area contributed by atoms with Crippen LogP contribution in [0.25, 0.3) is 11.0 Å². The number of aryl methyl sites for hydroxylation is 1. The fraction of sp³-hybridized carbons (Fsp3) is 0.250. The van der Waals surface area contributed by atoms with Crippen molar-refractivity contribution in [1.29, 1.82) is 0 Å². The van der Waals surface area contributed by atoms with Gasteiger partial charge in [0.15, 0.2) is 0 Å². The number of nitrogens with zero attached hydrogens (tertiary/aromatic N) is 3. The maximum atomic E-state index is 10.9. The number of rotatable bonds is 2. The summed E-state index contributed by atoms with van der Waals surface area (Å²) in [6.07, 6.45) is 0. The average molecular weight is 246 g/mol. The number of aromatic nitrogens is 3. The van der Waals surface area contributed by atoms with E-state index >= 15 is 0 Å². The lowest BCUT2D eigenvalue weighted by Crippen LogP contribution is -1.95. The molecule has 0 bridgehead atoms. The first-order valence-corrected chi connectivity index (χ1v) is 6.64. The molecule has 0 radical (unpaired) electrons. The summed E-state index contributed by atoms with van der Waals surface area (Å²) in [6.45, 7) is 0. The topological polar surface area (TPSA) is 64.8 Å². The van der Waals surface area contributed by atoms with Crippen molar-refractivity contribution in [2.45, 2.75) is 5.75 Å². The quantitative estimate of drug-likeness (QED) is 0.742. The predicted molar refractivity (Wildman–Crippen MR) is 57.0 cm³/mol. The smallest absolute Gasteiger partial charge is 0.236 e. The van der Waals surface area contributed by atoms with Crippen molar-refractivity contribution in [1.82, 2.24) is 15.0 Å². The highest BCUT2D eigenvalue weighted by Gasteiger charge is 2.09. The van der Waals surface area contributed by atoms with Crippen molar-refractivity contribution in [3.8, 4) is 0 Å². The summed E-state index contributed by atoms with van der Waals surface area (Å²) >= 11 is 0. The minimum Gasteiger partial charge on any atom is -0.248 e. The molecule has 0 unspecified atom stereocenters. The molecule has 0 fully saturated rings. The number of halogens is 1. The summed E-state index contributed by atoms with van der Waals surface area (Å²) in [5.41, 5.74) is 2.12. The Labute approximate surface area is 91.1 Å². The Morgan fingerprint density at radius 1 is 1.47 bits per heavy atom. The number of hydrogen-bond acceptors (Lipinski definition) is 4. The van der Waals surface area contributed by atoms with E-state index in [1.54, 1.807) is 29.9 Å². The van der Waals surface area contributed by atoms with Crippen molar-refractivity contribution in [3.05, 3.63) is 23.8 Å². The normalized spacial score (nSPS) is 12.1. The lowest BCUT2D eigenvalue weighted by molar-refractivity contribution is 0.609. The van der Waals surface area contributed by atoms with E-state index in [-0.39, 0.29) is 5.75 Å². The molecule has 0 saturated carbocycles. The molecule has 0 aliphatic heterocycles. The summed E-state index contributed by atoms with van der Waals surface area (Å²) in [7, 11) is 3.40. The maximum Gasteiger partial charge on any atom is 0.236 e. The first kappa shape index (κ1) is 10.4. The molecule has 1 heterocycles. The molecular weight excluding hydrogens is 238 g/mol. The third-order valence-electron chi connectivity index (χ3n) is 2.01. The molecule has 2 aromatic rings. The monoisotopic (exact) mass is 245 g/mol. The molecule has 0 saturated heterocycles. The first-order valence-electron chi connectivity index (χ1n) is 4.16. The number of hydrogen-bond donors (Lipinski definition) is 0. The highest BCUT2D eigenvalue weighted by Crippen LogP contribution is 2.15. The van der Waals surface area contributed by atoms with Gasteiger partial charge in [-0.1, -0.05) is 11.3 Å². The van der Waals surface area contributed by atoms with Gasteiger partial charge in [-0.15, -0.1) is 5.10 Å². The van der Waals surface area contributed by atoms with Crippen LogP contribution in [0, 0.1) is 0 Å². The lowest BCUT2D eigenvalue weighted by Gasteiger charge is -1.97. The highest BCUT2D eigenvalue weighted by atomic mass is 35.7. The van der Waals surface area contributed by atoms with Crippen LogP contribution in [0.5, 0.6) is 0 Å². The average Bonchev–Trinajstić information content (AvgIpc) is 2.45. The second kappa shape index (κ2) is 3.46. The van der Waals surface area contributed by atoms with Gasteiger partial charge < -0.3 is 0 Å². The van der Waals surface area contributed by atoms with Gasteiger partial charge in [-0.3, -0.25) is 0 Å². The second-order valence-electron chi connectivity index (χ2n) is 3.22. The van der Waals surface area contributed by atoms with Crippen LogP contribution in [0.1, 0.15) is 5.56 Å². The standard InChI is InChI=1S/C8H8ClN3O2S/c1-12-8-3-2-6(5-15(9,13)14)4-7(8)10-11-12/h2-4H,5H2,1H3. The van der Waals surface area contributed by atoms with E-state index in [1.807, 2.05) is 0 Å². The Morgan fingerprint density at radius 3 is 2.87 bits per heavy atom. The zero-order valence-corrected chi connectivity index (χ0v) is 9.46. The molecule has 2 rings (SSSR count). The van der Waals surface area contributed by atoms with Crippen LogP contribution >= 0.6 is 10.7 Å². The van der Waals surface area contributed by atoms with Crippen LogP contribution in [0.15, 0.2) is 18.2 Å². The molecule has 0 amide bonds. The van der Waals surface area contributed by atoms with Crippen LogP contribution in [-0.2, 0) is 21.9 Å². The minimum absolute atomic E-state index is 0.193. The summed E-state index contributed by atoms with van der Waals surface area (Å²) < 4.78 is 23.4. The molecular formula is C8H8ClN3O2S. The molecule has 5 nitrogen and oxygen atoms in total. The van der Waals surface area contributed by atoms with Gasteiger partial charge in [-0.05, 0) is 17.7 Å². The molecule has 80 valence electrons. The highest BCUT2D eigenvalue weighted by molar-refractivity contribution is 8.13. The zero-order valence-electron chi connectivity index (χ0n) is 7.88. The summed E-state index contributed by atoms with van der Waals surface area (Å²) in [5.74, 6) is -0.193. The summed E-state index contributed by atoms with van der Waals surface area (Å²) in [4.78, 5) is 0. The van der Waals surface area contributed by atoms with E-state index < -0.39 is 9.05 Å². The molecule has 0 aliphatic carbocycles. The van der Waals surface area contributed by atoms with E-state index in [1.165, 1.54) is 0 Å². The fourth-order valence-corrected chi connectivity index (χ4v) is 2.33. The van der Waals surface area contributed by atoms with Crippen LogP contribution in [0.3, 0.4) is 0 Å². The number of fused-ring (bicyclic) bond motifs is 1. The third kappa shape index (κ3) is 2.27. The van der Waals surface area contributed by atoms with Gasteiger partial charge >= 0.3 is 0 Å². The first-order chi connectivity index (χ1) is 6.96. The molecule has 0 spiro atoms. The summed E-state index contributed by atoms with van der Waals surface area (Å²) in [5, 5.41) is 7.70. The van der Waals surface area contributed by atoms with E-state index in [9.17, 15) is 8.42 Å². The Bertz CT molecular complexity index is 605. The number of benzene rings is 1. The predicted octanol–water partition coefficient (Wildman–Crippen LogP) is 1.04. The molecule has 1 aromatic heterocycles. The Morgan fingerprint density at radius 2 is 2.20 bits per heavy atom. The Balaban J connectivity index is 2.48. The lowest BCUT2D eigenvalue weighted by atomic mass is 10.2. The third-order valence-corrected chi connectivity index (χ3v) is 3.02. The molecule has 0 atom stereocenters. The minimum atomic E-state index is -3.52.